The van der Waals surface area contributed by atoms with Crippen molar-refractivity contribution in [3.05, 3.63) is 0 Å². The van der Waals surface area contributed by atoms with Gasteiger partial charge in [-0.15, -0.1) is 12.4 Å². The Bertz CT molecular complexity index is 423. The highest BCUT2D eigenvalue weighted by atomic mass is 35.5. The summed E-state index contributed by atoms with van der Waals surface area (Å²) in [6, 6.07) is 0.129. The summed E-state index contributed by atoms with van der Waals surface area (Å²) in [7, 11) is -2.99. The van der Waals surface area contributed by atoms with Crippen molar-refractivity contribution in [1.82, 2.24) is 5.32 Å². The molecule has 20 heavy (non-hydrogen) atoms. The minimum atomic E-state index is -2.99. The third-order valence-electron chi connectivity index (χ3n) is 4.09. The maximum Gasteiger partial charge on any atom is 0.220 e. The molecule has 2 atom stereocenters. The Hall–Kier alpha value is -0.330. The molecule has 1 amide bonds. The van der Waals surface area contributed by atoms with Gasteiger partial charge in [0.15, 0.2) is 9.84 Å². The molecule has 7 heteroatoms. The first-order valence-electron chi connectivity index (χ1n) is 7.19. The minimum absolute atomic E-state index is 0. The van der Waals surface area contributed by atoms with Crippen LogP contribution < -0.4 is 11.1 Å². The molecule has 2 fully saturated rings. The SMILES string of the molecule is Cl.N[C@@H]1CCC[C@H]1CC(=O)NCCS(=O)(=O)CC1CC1. The van der Waals surface area contributed by atoms with Gasteiger partial charge < -0.3 is 11.1 Å². The summed E-state index contributed by atoms with van der Waals surface area (Å²) in [5, 5.41) is 2.71. The molecule has 0 aromatic rings. The van der Waals surface area contributed by atoms with Crippen LogP contribution in [0.1, 0.15) is 38.5 Å². The molecule has 0 heterocycles. The Balaban J connectivity index is 0.00000200. The van der Waals surface area contributed by atoms with Gasteiger partial charge in [-0.1, -0.05) is 6.42 Å². The molecule has 0 bridgehead atoms. The van der Waals surface area contributed by atoms with Gasteiger partial charge in [0.2, 0.25) is 5.91 Å². The number of hydrogen-bond donors (Lipinski definition) is 2. The molecule has 2 aliphatic rings. The zero-order valence-corrected chi connectivity index (χ0v) is 13.3. The van der Waals surface area contributed by atoms with E-state index in [-0.39, 0.29) is 48.3 Å². The van der Waals surface area contributed by atoms with E-state index in [0.717, 1.165) is 32.1 Å². The number of carbonyl (C=O) groups is 1. The predicted octanol–water partition coefficient (Wildman–Crippen LogP) is 0.867. The van der Waals surface area contributed by atoms with Crippen LogP contribution >= 0.6 is 12.4 Å². The van der Waals surface area contributed by atoms with E-state index >= 15 is 0 Å². The molecule has 5 nitrogen and oxygen atoms in total. The number of nitrogens with two attached hydrogens (primary N) is 1. The van der Waals surface area contributed by atoms with Crippen molar-refractivity contribution in [3.8, 4) is 0 Å². The van der Waals surface area contributed by atoms with E-state index in [0.29, 0.717) is 12.3 Å². The summed E-state index contributed by atoms with van der Waals surface area (Å²) in [6.07, 6.45) is 5.59. The Morgan fingerprint density at radius 3 is 2.45 bits per heavy atom. The molecule has 0 aromatic carbocycles. The van der Waals surface area contributed by atoms with Crippen molar-refractivity contribution in [3.63, 3.8) is 0 Å². The average molecular weight is 325 g/mol. The molecule has 3 N–H and O–H groups in total. The second-order valence-corrected chi connectivity index (χ2v) is 8.20. The van der Waals surface area contributed by atoms with Gasteiger partial charge in [-0.2, -0.15) is 0 Å². The molecule has 2 aliphatic carbocycles. The van der Waals surface area contributed by atoms with Gasteiger partial charge in [0.1, 0.15) is 0 Å². The summed E-state index contributed by atoms with van der Waals surface area (Å²) in [5.41, 5.74) is 5.91. The lowest BCUT2D eigenvalue weighted by Gasteiger charge is -2.14. The molecule has 118 valence electrons. The molecule has 2 rings (SSSR count). The lowest BCUT2D eigenvalue weighted by atomic mass is 10.00. The average Bonchev–Trinajstić information content (AvgIpc) is 3.01. The van der Waals surface area contributed by atoms with E-state index in [1.165, 1.54) is 0 Å². The van der Waals surface area contributed by atoms with Crippen LogP contribution in [0.5, 0.6) is 0 Å². The van der Waals surface area contributed by atoms with Crippen LogP contribution in [0.2, 0.25) is 0 Å². The second kappa shape index (κ2) is 7.61. The third kappa shape index (κ3) is 5.97. The van der Waals surface area contributed by atoms with E-state index in [9.17, 15) is 13.2 Å². The molecule has 0 aliphatic heterocycles. The fraction of sp³-hybridized carbons (Fsp3) is 0.923. The highest BCUT2D eigenvalue weighted by Gasteiger charge is 2.28. The lowest BCUT2D eigenvalue weighted by molar-refractivity contribution is -0.121. The summed E-state index contributed by atoms with van der Waals surface area (Å²) in [6.45, 7) is 0.232. The van der Waals surface area contributed by atoms with Crippen molar-refractivity contribution in [2.24, 2.45) is 17.6 Å². The first-order chi connectivity index (χ1) is 8.96. The predicted molar refractivity (Wildman–Crippen MR) is 81.6 cm³/mol. The Morgan fingerprint density at radius 1 is 1.20 bits per heavy atom. The molecule has 0 saturated heterocycles. The fourth-order valence-electron chi connectivity index (χ4n) is 2.70. The van der Waals surface area contributed by atoms with Crippen molar-refractivity contribution in [2.45, 2.75) is 44.6 Å². The van der Waals surface area contributed by atoms with Crippen LogP contribution in [-0.2, 0) is 14.6 Å². The molecular formula is C13H25ClN2O3S. The Labute approximate surface area is 127 Å². The maximum absolute atomic E-state index is 11.7. The zero-order valence-electron chi connectivity index (χ0n) is 11.7. The van der Waals surface area contributed by atoms with E-state index in [1.54, 1.807) is 0 Å². The van der Waals surface area contributed by atoms with Crippen LogP contribution in [0.25, 0.3) is 0 Å². The molecular weight excluding hydrogens is 300 g/mol. The van der Waals surface area contributed by atoms with Gasteiger partial charge in [0.05, 0.1) is 11.5 Å². The number of rotatable bonds is 7. The topological polar surface area (TPSA) is 89.3 Å². The van der Waals surface area contributed by atoms with Gasteiger partial charge in [-0.3, -0.25) is 4.79 Å². The first-order valence-corrected chi connectivity index (χ1v) is 9.01. The monoisotopic (exact) mass is 324 g/mol. The lowest BCUT2D eigenvalue weighted by Crippen LogP contribution is -2.34. The number of halogens is 1. The van der Waals surface area contributed by atoms with Crippen LogP contribution in [0.3, 0.4) is 0 Å². The Morgan fingerprint density at radius 2 is 1.90 bits per heavy atom. The summed E-state index contributed by atoms with van der Waals surface area (Å²) in [4.78, 5) is 11.7. The smallest absolute Gasteiger partial charge is 0.220 e. The number of hydrogen-bond acceptors (Lipinski definition) is 4. The van der Waals surface area contributed by atoms with E-state index in [1.807, 2.05) is 0 Å². The highest BCUT2D eigenvalue weighted by molar-refractivity contribution is 7.91. The molecule has 0 aromatic heterocycles. The standard InChI is InChI=1S/C13H24N2O3S.ClH/c14-12-3-1-2-11(12)8-13(16)15-6-7-19(17,18)9-10-4-5-10;/h10-12H,1-9,14H2,(H,15,16);1H/t11-,12+;/m0./s1. The van der Waals surface area contributed by atoms with Crippen molar-refractivity contribution in [1.29, 1.82) is 0 Å². The summed E-state index contributed by atoms with van der Waals surface area (Å²) < 4.78 is 23.4. The normalized spacial score (nSPS) is 26.1. The van der Waals surface area contributed by atoms with Crippen LogP contribution in [0.15, 0.2) is 0 Å². The minimum Gasteiger partial charge on any atom is -0.355 e. The molecule has 0 radical (unpaired) electrons. The molecule has 0 spiro atoms. The highest BCUT2D eigenvalue weighted by Crippen LogP contribution is 2.30. The fourth-order valence-corrected chi connectivity index (χ4v) is 4.33. The van der Waals surface area contributed by atoms with Crippen molar-refractivity contribution < 1.29 is 13.2 Å². The van der Waals surface area contributed by atoms with E-state index in [2.05, 4.69) is 5.32 Å². The third-order valence-corrected chi connectivity index (χ3v) is 5.89. The van der Waals surface area contributed by atoms with Gasteiger partial charge in [-0.25, -0.2) is 8.42 Å². The number of carbonyl (C=O) groups excluding carboxylic acids is 1. The first kappa shape index (κ1) is 17.7. The second-order valence-electron chi connectivity index (χ2n) is 5.97. The summed E-state index contributed by atoms with van der Waals surface area (Å²) >= 11 is 0. The number of sulfone groups is 1. The van der Waals surface area contributed by atoms with Gasteiger partial charge >= 0.3 is 0 Å². The molecule has 2 saturated carbocycles. The van der Waals surface area contributed by atoms with Crippen LogP contribution in [-0.4, -0.2) is 38.4 Å². The number of nitrogens with one attached hydrogen (secondary N) is 1. The van der Waals surface area contributed by atoms with Crippen LogP contribution in [0.4, 0.5) is 0 Å². The van der Waals surface area contributed by atoms with E-state index in [4.69, 9.17) is 5.73 Å². The van der Waals surface area contributed by atoms with Gasteiger partial charge in [-0.05, 0) is 37.5 Å². The van der Waals surface area contributed by atoms with Gasteiger partial charge in [0.25, 0.3) is 0 Å². The van der Waals surface area contributed by atoms with E-state index < -0.39 is 9.84 Å². The quantitative estimate of drug-likeness (QED) is 0.727. The van der Waals surface area contributed by atoms with Crippen LogP contribution in [0, 0.1) is 11.8 Å². The van der Waals surface area contributed by atoms with Crippen molar-refractivity contribution in [2.75, 3.05) is 18.1 Å². The molecule has 0 unspecified atom stereocenters. The summed E-state index contributed by atoms with van der Waals surface area (Å²) in [5.74, 6) is 0.923. The largest absolute Gasteiger partial charge is 0.355 e. The zero-order chi connectivity index (χ0) is 13.9. The number of amides is 1. The van der Waals surface area contributed by atoms with Gasteiger partial charge in [0, 0.05) is 19.0 Å². The Kier molecular flexibility index (Phi) is 6.75. The van der Waals surface area contributed by atoms with Crippen molar-refractivity contribution >= 4 is 28.2 Å². The maximum atomic E-state index is 11.7.